The molecule has 0 unspecified atom stereocenters. The zero-order chi connectivity index (χ0) is 19.7. The molecule has 0 radical (unpaired) electrons. The number of carbonyl (C=O) groups is 1. The second-order valence-electron chi connectivity index (χ2n) is 6.67. The summed E-state index contributed by atoms with van der Waals surface area (Å²) in [7, 11) is 4.77. The number of hydrogen-bond donors (Lipinski definition) is 0. The Kier molecular flexibility index (Phi) is 4.73. The summed E-state index contributed by atoms with van der Waals surface area (Å²) in [5.41, 5.74) is 5.24. The number of benzene rings is 2. The van der Waals surface area contributed by atoms with Crippen LogP contribution in [0, 0.1) is 0 Å². The molecule has 0 atom stereocenters. The van der Waals surface area contributed by atoms with Gasteiger partial charge in [0.25, 0.3) is 0 Å². The summed E-state index contributed by atoms with van der Waals surface area (Å²) in [5, 5.41) is 8.10. The fraction of sp³-hybridized carbons (Fsp3) is 0.286. The minimum absolute atomic E-state index is 0.411. The molecule has 0 saturated heterocycles. The van der Waals surface area contributed by atoms with E-state index < -0.39 is 5.97 Å². The molecule has 0 aliphatic carbocycles. The number of hydrogen-bond acceptors (Lipinski definition) is 6. The van der Waals surface area contributed by atoms with E-state index in [-0.39, 0.29) is 0 Å². The van der Waals surface area contributed by atoms with Crippen LogP contribution in [-0.2, 0) is 24.6 Å². The van der Waals surface area contributed by atoms with Crippen molar-refractivity contribution in [2.75, 3.05) is 20.8 Å². The van der Waals surface area contributed by atoms with Crippen molar-refractivity contribution >= 4 is 5.97 Å². The average Bonchev–Trinajstić information content (AvgIpc) is 3.37. The van der Waals surface area contributed by atoms with Crippen LogP contribution in [0.25, 0.3) is 11.3 Å². The van der Waals surface area contributed by atoms with Gasteiger partial charge in [-0.2, -0.15) is 0 Å². The van der Waals surface area contributed by atoms with Crippen molar-refractivity contribution in [3.05, 3.63) is 58.8 Å². The maximum absolute atomic E-state index is 12.2. The Hall–Kier alpha value is -3.35. The summed E-state index contributed by atoms with van der Waals surface area (Å²) in [6.45, 7) is 0.578. The molecule has 144 valence electrons. The maximum Gasteiger partial charge on any atom is 0.341 e. The van der Waals surface area contributed by atoms with E-state index >= 15 is 0 Å². The fourth-order valence-corrected chi connectivity index (χ4v) is 3.55. The summed E-state index contributed by atoms with van der Waals surface area (Å²) >= 11 is 0. The van der Waals surface area contributed by atoms with Crippen molar-refractivity contribution in [1.29, 1.82) is 0 Å². The van der Waals surface area contributed by atoms with Crippen LogP contribution in [0.3, 0.4) is 0 Å². The largest absolute Gasteiger partial charge is 0.495 e. The highest BCUT2D eigenvalue weighted by Crippen LogP contribution is 2.40. The van der Waals surface area contributed by atoms with Crippen molar-refractivity contribution in [3.8, 4) is 22.8 Å². The Morgan fingerprint density at radius 1 is 1.25 bits per heavy atom. The highest BCUT2D eigenvalue weighted by Gasteiger charge is 2.27. The second-order valence-corrected chi connectivity index (χ2v) is 6.67. The zero-order valence-electron chi connectivity index (χ0n) is 16.1. The van der Waals surface area contributed by atoms with E-state index in [1.54, 1.807) is 11.8 Å². The molecule has 1 aromatic heterocycles. The van der Waals surface area contributed by atoms with Gasteiger partial charge < -0.3 is 14.2 Å². The van der Waals surface area contributed by atoms with Gasteiger partial charge in [0.15, 0.2) is 0 Å². The second kappa shape index (κ2) is 7.34. The number of ether oxygens (including phenoxy) is 3. The fourth-order valence-electron chi connectivity index (χ4n) is 3.55. The first-order valence-corrected chi connectivity index (χ1v) is 9.00. The number of aryl methyl sites for hydroxylation is 1. The Morgan fingerprint density at radius 3 is 2.68 bits per heavy atom. The normalized spacial score (nSPS) is 12.4. The summed E-state index contributed by atoms with van der Waals surface area (Å²) in [6.07, 6.45) is 3.22. The third kappa shape index (κ3) is 3.19. The lowest BCUT2D eigenvalue weighted by molar-refractivity contribution is 0.0596. The first-order valence-electron chi connectivity index (χ1n) is 9.00. The van der Waals surface area contributed by atoms with Crippen molar-refractivity contribution in [3.63, 3.8) is 0 Å². The first kappa shape index (κ1) is 18.0. The molecular formula is C21H21N3O4. The Morgan fingerprint density at radius 2 is 2.04 bits per heavy atom. The van der Waals surface area contributed by atoms with Crippen LogP contribution in [0.4, 0.5) is 0 Å². The summed E-state index contributed by atoms with van der Waals surface area (Å²) in [6, 6.07) is 9.95. The molecule has 0 amide bonds. The highest BCUT2D eigenvalue weighted by atomic mass is 16.5. The number of nitrogens with zero attached hydrogens (tertiary/aromatic N) is 3. The number of methoxy groups -OCH3 is 2. The molecule has 2 aromatic carbocycles. The van der Waals surface area contributed by atoms with Gasteiger partial charge in [0.2, 0.25) is 0 Å². The molecule has 7 nitrogen and oxygen atoms in total. The predicted octanol–water partition coefficient (Wildman–Crippen LogP) is 2.80. The molecule has 1 aliphatic heterocycles. The molecule has 1 aliphatic rings. The van der Waals surface area contributed by atoms with Crippen molar-refractivity contribution in [2.24, 2.45) is 7.05 Å². The Balaban J connectivity index is 1.68. The third-order valence-electron chi connectivity index (χ3n) is 4.86. The molecular weight excluding hydrogens is 358 g/mol. The van der Waals surface area contributed by atoms with Gasteiger partial charge in [0.05, 0.1) is 27.0 Å². The number of carbonyl (C=O) groups excluding carboxylic acids is 1. The minimum Gasteiger partial charge on any atom is -0.495 e. The monoisotopic (exact) mass is 379 g/mol. The van der Waals surface area contributed by atoms with Crippen molar-refractivity contribution in [1.82, 2.24) is 15.0 Å². The van der Waals surface area contributed by atoms with Crippen LogP contribution >= 0.6 is 0 Å². The van der Waals surface area contributed by atoms with Crippen LogP contribution in [0.1, 0.15) is 27.0 Å². The molecule has 0 bridgehead atoms. The molecule has 4 rings (SSSR count). The molecule has 28 heavy (non-hydrogen) atoms. The lowest BCUT2D eigenvalue weighted by Gasteiger charge is -2.15. The smallest absolute Gasteiger partial charge is 0.341 e. The topological polar surface area (TPSA) is 75.5 Å². The van der Waals surface area contributed by atoms with E-state index in [9.17, 15) is 4.79 Å². The quantitative estimate of drug-likeness (QED) is 0.635. The standard InChI is InChI=1S/C21H21N3O4/c1-24-12-18(22-23-24)14-6-4-13(5-7-14)10-15-11-17(21(25)27-3)20(26-2)16-8-9-28-19(15)16/h4-7,11-12H,8-10H2,1-3H3. The molecule has 0 spiro atoms. The van der Waals surface area contributed by atoms with E-state index in [0.29, 0.717) is 30.8 Å². The third-order valence-corrected chi connectivity index (χ3v) is 4.86. The van der Waals surface area contributed by atoms with Crippen molar-refractivity contribution in [2.45, 2.75) is 12.8 Å². The molecule has 3 aromatic rings. The maximum atomic E-state index is 12.2. The molecule has 0 saturated carbocycles. The predicted molar refractivity (Wildman–Crippen MR) is 103 cm³/mol. The Labute approximate surface area is 162 Å². The van der Waals surface area contributed by atoms with E-state index in [1.807, 2.05) is 43.6 Å². The lowest BCUT2D eigenvalue weighted by atomic mass is 9.96. The summed E-state index contributed by atoms with van der Waals surface area (Å²) in [5.74, 6) is 0.939. The number of esters is 1. The van der Waals surface area contributed by atoms with E-state index in [0.717, 1.165) is 33.7 Å². The van der Waals surface area contributed by atoms with Gasteiger partial charge in [0, 0.05) is 31.0 Å². The zero-order valence-corrected chi connectivity index (χ0v) is 16.1. The molecule has 0 fully saturated rings. The van der Waals surface area contributed by atoms with Crippen LogP contribution in [0.15, 0.2) is 36.5 Å². The Bertz CT molecular complexity index is 1020. The highest BCUT2D eigenvalue weighted by molar-refractivity contribution is 5.94. The van der Waals surface area contributed by atoms with Gasteiger partial charge in [0.1, 0.15) is 22.8 Å². The minimum atomic E-state index is -0.411. The SMILES string of the molecule is COC(=O)c1cc(Cc2ccc(-c3cn(C)nn3)cc2)c2c(c1OC)CCO2. The van der Waals surface area contributed by atoms with E-state index in [2.05, 4.69) is 10.3 Å². The van der Waals surface area contributed by atoms with Gasteiger partial charge in [-0.15, -0.1) is 5.10 Å². The average molecular weight is 379 g/mol. The number of aromatic nitrogens is 3. The molecule has 2 heterocycles. The molecule has 0 N–H and O–H groups in total. The van der Waals surface area contributed by atoms with Crippen LogP contribution in [0.5, 0.6) is 11.5 Å². The number of rotatable bonds is 5. The lowest BCUT2D eigenvalue weighted by Crippen LogP contribution is -2.07. The van der Waals surface area contributed by atoms with E-state index in [1.165, 1.54) is 7.11 Å². The van der Waals surface area contributed by atoms with Gasteiger partial charge >= 0.3 is 5.97 Å². The molecule has 7 heteroatoms. The van der Waals surface area contributed by atoms with Gasteiger partial charge in [-0.3, -0.25) is 4.68 Å². The van der Waals surface area contributed by atoms with Gasteiger partial charge in [-0.25, -0.2) is 4.79 Å². The van der Waals surface area contributed by atoms with Crippen LogP contribution < -0.4 is 9.47 Å². The van der Waals surface area contributed by atoms with Crippen LogP contribution in [-0.4, -0.2) is 41.8 Å². The summed E-state index contributed by atoms with van der Waals surface area (Å²) < 4.78 is 18.0. The van der Waals surface area contributed by atoms with E-state index in [4.69, 9.17) is 14.2 Å². The van der Waals surface area contributed by atoms with Gasteiger partial charge in [-0.05, 0) is 17.2 Å². The van der Waals surface area contributed by atoms with Crippen LogP contribution in [0.2, 0.25) is 0 Å². The summed E-state index contributed by atoms with van der Waals surface area (Å²) in [4.78, 5) is 12.2. The van der Waals surface area contributed by atoms with Gasteiger partial charge in [-0.1, -0.05) is 29.5 Å². The van der Waals surface area contributed by atoms with Crippen molar-refractivity contribution < 1.29 is 19.0 Å². The number of fused-ring (bicyclic) bond motifs is 1. The first-order chi connectivity index (χ1) is 13.6.